The van der Waals surface area contributed by atoms with Crippen LogP contribution in [0.1, 0.15) is 35.3 Å². The quantitative estimate of drug-likeness (QED) is 0.453. The maximum absolute atomic E-state index is 10.3. The molecule has 0 unspecified atom stereocenters. The van der Waals surface area contributed by atoms with E-state index in [-0.39, 0.29) is 0 Å². The first kappa shape index (κ1) is 22.2. The molecule has 0 saturated heterocycles. The summed E-state index contributed by atoms with van der Waals surface area (Å²) in [4.78, 5) is 0. The Hall–Kier alpha value is -2.53. The highest BCUT2D eigenvalue weighted by Gasteiger charge is 2.14. The predicted octanol–water partition coefficient (Wildman–Crippen LogP) is 5.45. The molecule has 0 amide bonds. The van der Waals surface area contributed by atoms with E-state index >= 15 is 0 Å². The van der Waals surface area contributed by atoms with Gasteiger partial charge in [-0.3, -0.25) is 0 Å². The molecule has 3 rings (SSSR count). The normalized spacial score (nSPS) is 11.9. The summed E-state index contributed by atoms with van der Waals surface area (Å²) in [5.41, 5.74) is 4.13. The minimum absolute atomic E-state index is 0.424. The standard InChI is InChI=1S/C25H28ClNO3/c1-3-29-24-14-19(15-27-16-23(28)20-10-5-4-6-11-20)13-22(26)25(24)30-17-21-12-8-7-9-18(21)2/h4-14,23,27-28H,3,15-17H2,1-2H3/t23-/m0/s1. The number of hydrogen-bond acceptors (Lipinski definition) is 4. The average molecular weight is 426 g/mol. The van der Waals surface area contributed by atoms with E-state index in [4.69, 9.17) is 21.1 Å². The highest BCUT2D eigenvalue weighted by Crippen LogP contribution is 2.37. The summed E-state index contributed by atoms with van der Waals surface area (Å²) in [6.45, 7) is 5.93. The number of aryl methyl sites for hydroxylation is 1. The summed E-state index contributed by atoms with van der Waals surface area (Å²) in [7, 11) is 0. The van der Waals surface area contributed by atoms with Crippen molar-refractivity contribution in [1.82, 2.24) is 5.32 Å². The molecule has 158 valence electrons. The minimum atomic E-state index is -0.565. The van der Waals surface area contributed by atoms with E-state index in [2.05, 4.69) is 18.3 Å². The number of hydrogen-bond donors (Lipinski definition) is 2. The van der Waals surface area contributed by atoms with Crippen molar-refractivity contribution in [3.63, 3.8) is 0 Å². The molecule has 0 aliphatic heterocycles. The summed E-state index contributed by atoms with van der Waals surface area (Å²) in [5.74, 6) is 1.17. The van der Waals surface area contributed by atoms with Crippen molar-refractivity contribution in [1.29, 1.82) is 0 Å². The first-order valence-corrected chi connectivity index (χ1v) is 10.5. The summed E-state index contributed by atoms with van der Waals surface area (Å²) in [6, 6.07) is 21.5. The van der Waals surface area contributed by atoms with Crippen LogP contribution in [-0.2, 0) is 13.2 Å². The molecular weight excluding hydrogens is 398 g/mol. The number of halogens is 1. The van der Waals surface area contributed by atoms with Gasteiger partial charge in [0.15, 0.2) is 11.5 Å². The van der Waals surface area contributed by atoms with Gasteiger partial charge in [-0.2, -0.15) is 0 Å². The second-order valence-corrected chi connectivity index (χ2v) is 7.52. The first-order valence-electron chi connectivity index (χ1n) is 10.1. The number of benzene rings is 3. The van der Waals surface area contributed by atoms with Gasteiger partial charge in [-0.1, -0.05) is 66.2 Å². The Morgan fingerprint density at radius 3 is 2.47 bits per heavy atom. The maximum atomic E-state index is 10.3. The third-order valence-corrected chi connectivity index (χ3v) is 5.13. The number of ether oxygens (including phenoxy) is 2. The van der Waals surface area contributed by atoms with Gasteiger partial charge < -0.3 is 19.9 Å². The largest absolute Gasteiger partial charge is 0.490 e. The monoisotopic (exact) mass is 425 g/mol. The van der Waals surface area contributed by atoms with Gasteiger partial charge in [0, 0.05) is 13.1 Å². The smallest absolute Gasteiger partial charge is 0.180 e. The Morgan fingerprint density at radius 1 is 1.00 bits per heavy atom. The van der Waals surface area contributed by atoms with Gasteiger partial charge in [0.05, 0.1) is 17.7 Å². The molecule has 0 heterocycles. The molecule has 5 heteroatoms. The molecule has 2 N–H and O–H groups in total. The zero-order chi connectivity index (χ0) is 21.3. The van der Waals surface area contributed by atoms with Gasteiger partial charge in [-0.25, -0.2) is 0 Å². The van der Waals surface area contributed by atoms with E-state index in [9.17, 15) is 5.11 Å². The van der Waals surface area contributed by atoms with Crippen molar-refractivity contribution < 1.29 is 14.6 Å². The number of nitrogens with one attached hydrogen (secondary N) is 1. The highest BCUT2D eigenvalue weighted by atomic mass is 35.5. The Bertz CT molecular complexity index is 946. The molecule has 4 nitrogen and oxygen atoms in total. The van der Waals surface area contributed by atoms with Crippen LogP contribution in [0.3, 0.4) is 0 Å². The Balaban J connectivity index is 1.65. The second-order valence-electron chi connectivity index (χ2n) is 7.11. The lowest BCUT2D eigenvalue weighted by atomic mass is 10.1. The van der Waals surface area contributed by atoms with Crippen LogP contribution >= 0.6 is 11.6 Å². The number of rotatable bonds is 10. The summed E-state index contributed by atoms with van der Waals surface area (Å²) >= 11 is 6.53. The topological polar surface area (TPSA) is 50.7 Å². The molecule has 0 aromatic heterocycles. The predicted molar refractivity (Wildman–Crippen MR) is 121 cm³/mol. The zero-order valence-corrected chi connectivity index (χ0v) is 18.2. The van der Waals surface area contributed by atoms with Crippen LogP contribution in [0.5, 0.6) is 11.5 Å². The molecule has 3 aromatic rings. The van der Waals surface area contributed by atoms with Crippen LogP contribution in [0, 0.1) is 6.92 Å². The van der Waals surface area contributed by atoms with Gasteiger partial charge in [0.1, 0.15) is 6.61 Å². The fourth-order valence-electron chi connectivity index (χ4n) is 3.19. The van der Waals surface area contributed by atoms with E-state index in [1.807, 2.05) is 67.6 Å². The number of aliphatic hydroxyl groups is 1. The van der Waals surface area contributed by atoms with E-state index in [1.54, 1.807) is 0 Å². The Labute approximate surface area is 183 Å². The Morgan fingerprint density at radius 2 is 1.73 bits per heavy atom. The molecule has 0 saturated carbocycles. The van der Waals surface area contributed by atoms with Crippen LogP contribution in [0.15, 0.2) is 66.7 Å². The van der Waals surface area contributed by atoms with Crippen molar-refractivity contribution in [3.05, 3.63) is 94.0 Å². The van der Waals surface area contributed by atoms with Gasteiger partial charge in [0.25, 0.3) is 0 Å². The van der Waals surface area contributed by atoms with Crippen LogP contribution in [0.2, 0.25) is 5.02 Å². The molecule has 1 atom stereocenters. The highest BCUT2D eigenvalue weighted by molar-refractivity contribution is 6.32. The molecular formula is C25H28ClNO3. The van der Waals surface area contributed by atoms with Crippen LogP contribution < -0.4 is 14.8 Å². The molecule has 30 heavy (non-hydrogen) atoms. The van der Waals surface area contributed by atoms with E-state index in [1.165, 1.54) is 5.56 Å². The van der Waals surface area contributed by atoms with Crippen LogP contribution in [0.4, 0.5) is 0 Å². The zero-order valence-electron chi connectivity index (χ0n) is 17.4. The lowest BCUT2D eigenvalue weighted by molar-refractivity contribution is 0.174. The molecule has 0 aliphatic rings. The van der Waals surface area contributed by atoms with Crippen LogP contribution in [-0.4, -0.2) is 18.3 Å². The Kier molecular flexibility index (Phi) is 8.14. The van der Waals surface area contributed by atoms with E-state index in [0.717, 1.165) is 16.7 Å². The van der Waals surface area contributed by atoms with Crippen molar-refractivity contribution >= 4 is 11.6 Å². The van der Waals surface area contributed by atoms with Gasteiger partial charge >= 0.3 is 0 Å². The third kappa shape index (κ3) is 5.99. The van der Waals surface area contributed by atoms with Crippen molar-refractivity contribution in [3.8, 4) is 11.5 Å². The SMILES string of the molecule is CCOc1cc(CNC[C@H](O)c2ccccc2)cc(Cl)c1OCc1ccccc1C. The van der Waals surface area contributed by atoms with Gasteiger partial charge in [-0.05, 0) is 48.2 Å². The van der Waals surface area contributed by atoms with Crippen molar-refractivity contribution in [2.45, 2.75) is 33.1 Å². The van der Waals surface area contributed by atoms with Gasteiger partial charge in [-0.15, -0.1) is 0 Å². The summed E-state index contributed by atoms with van der Waals surface area (Å²) < 4.78 is 11.8. The fraction of sp³-hybridized carbons (Fsp3) is 0.280. The van der Waals surface area contributed by atoms with Crippen molar-refractivity contribution in [2.75, 3.05) is 13.2 Å². The molecule has 0 radical (unpaired) electrons. The molecule has 0 fully saturated rings. The van der Waals surface area contributed by atoms with Crippen LogP contribution in [0.25, 0.3) is 0 Å². The van der Waals surface area contributed by atoms with E-state index in [0.29, 0.717) is 42.8 Å². The minimum Gasteiger partial charge on any atom is -0.490 e. The van der Waals surface area contributed by atoms with Crippen molar-refractivity contribution in [2.24, 2.45) is 0 Å². The fourth-order valence-corrected chi connectivity index (χ4v) is 3.48. The molecule has 3 aromatic carbocycles. The van der Waals surface area contributed by atoms with Gasteiger partial charge in [0.2, 0.25) is 0 Å². The third-order valence-electron chi connectivity index (χ3n) is 4.85. The van der Waals surface area contributed by atoms with E-state index < -0.39 is 6.10 Å². The average Bonchev–Trinajstić information content (AvgIpc) is 2.75. The second kappa shape index (κ2) is 11.0. The maximum Gasteiger partial charge on any atom is 0.180 e. The summed E-state index contributed by atoms with van der Waals surface area (Å²) in [6.07, 6.45) is -0.565. The lowest BCUT2D eigenvalue weighted by Crippen LogP contribution is -2.21. The lowest BCUT2D eigenvalue weighted by Gasteiger charge is -2.17. The summed E-state index contributed by atoms with van der Waals surface area (Å²) in [5, 5.41) is 14.1. The molecule has 0 aliphatic carbocycles. The number of aliphatic hydroxyl groups excluding tert-OH is 1. The molecule has 0 spiro atoms. The first-order chi connectivity index (χ1) is 14.6. The molecule has 0 bridgehead atoms.